The van der Waals surface area contributed by atoms with Crippen LogP contribution in [0.25, 0.3) is 10.2 Å². The number of ether oxygens (including phenoxy) is 1. The highest BCUT2D eigenvalue weighted by Gasteiger charge is 2.20. The molecule has 0 unspecified atom stereocenters. The van der Waals surface area contributed by atoms with Gasteiger partial charge in [-0.2, -0.15) is 0 Å². The molecular formula is C16H7ClF3N3O5S. The number of esters is 1. The lowest BCUT2D eigenvalue weighted by molar-refractivity contribution is -0.384. The number of aromatic nitrogens is 1. The number of hydrogen-bond acceptors (Lipinski definition) is 7. The lowest BCUT2D eigenvalue weighted by Gasteiger charge is -2.06. The summed E-state index contributed by atoms with van der Waals surface area (Å²) >= 11 is 6.47. The van der Waals surface area contributed by atoms with E-state index in [9.17, 15) is 32.9 Å². The zero-order chi connectivity index (χ0) is 21.3. The number of halogens is 4. The molecule has 1 amide bonds. The molecule has 0 fully saturated rings. The number of nitrogens with zero attached hydrogens (tertiary/aromatic N) is 2. The predicted octanol–water partition coefficient (Wildman–Crippen LogP) is 4.07. The molecule has 1 N–H and O–H groups in total. The summed E-state index contributed by atoms with van der Waals surface area (Å²) in [5.74, 6) is -6.57. The zero-order valence-corrected chi connectivity index (χ0v) is 15.4. The van der Waals surface area contributed by atoms with Gasteiger partial charge in [-0.05, 0) is 12.1 Å². The molecular weight excluding hydrogens is 439 g/mol. The fourth-order valence-corrected chi connectivity index (χ4v) is 3.27. The van der Waals surface area contributed by atoms with Gasteiger partial charge in [-0.25, -0.2) is 22.9 Å². The molecule has 0 aliphatic heterocycles. The first kappa shape index (κ1) is 20.5. The number of nitro benzene ring substituents is 1. The van der Waals surface area contributed by atoms with Crippen molar-refractivity contribution in [3.63, 3.8) is 0 Å². The Balaban J connectivity index is 1.68. The minimum absolute atomic E-state index is 0.0444. The van der Waals surface area contributed by atoms with Crippen molar-refractivity contribution in [3.05, 3.63) is 62.4 Å². The first-order chi connectivity index (χ1) is 13.7. The molecule has 0 aliphatic rings. The van der Waals surface area contributed by atoms with E-state index in [1.165, 1.54) is 0 Å². The van der Waals surface area contributed by atoms with E-state index >= 15 is 0 Å². The number of fused-ring (bicyclic) bond motifs is 1. The maximum Gasteiger partial charge on any atom is 0.340 e. The first-order valence-corrected chi connectivity index (χ1v) is 8.71. The third-order valence-corrected chi connectivity index (χ3v) is 4.73. The highest BCUT2D eigenvalue weighted by atomic mass is 35.5. The van der Waals surface area contributed by atoms with Gasteiger partial charge in [0.15, 0.2) is 29.2 Å². The molecule has 0 saturated carbocycles. The van der Waals surface area contributed by atoms with Crippen LogP contribution < -0.4 is 5.32 Å². The topological polar surface area (TPSA) is 111 Å². The summed E-state index contributed by atoms with van der Waals surface area (Å²) in [6.45, 7) is -0.820. The Morgan fingerprint density at radius 2 is 1.97 bits per heavy atom. The van der Waals surface area contributed by atoms with Gasteiger partial charge in [-0.15, -0.1) is 0 Å². The minimum atomic E-state index is -1.69. The van der Waals surface area contributed by atoms with Gasteiger partial charge in [0.25, 0.3) is 11.6 Å². The summed E-state index contributed by atoms with van der Waals surface area (Å²) in [5, 5.41) is 12.6. The predicted molar refractivity (Wildman–Crippen MR) is 96.5 cm³/mol. The van der Waals surface area contributed by atoms with Gasteiger partial charge in [0.1, 0.15) is 5.52 Å². The molecule has 3 aromatic rings. The van der Waals surface area contributed by atoms with Crippen LogP contribution in [0.3, 0.4) is 0 Å². The molecule has 0 atom stereocenters. The van der Waals surface area contributed by atoms with Crippen LogP contribution in [0.4, 0.5) is 24.0 Å². The monoisotopic (exact) mass is 445 g/mol. The molecule has 13 heteroatoms. The highest BCUT2D eigenvalue weighted by molar-refractivity contribution is 7.22. The molecule has 1 aromatic heterocycles. The molecule has 1 heterocycles. The Kier molecular flexibility index (Phi) is 5.66. The van der Waals surface area contributed by atoms with E-state index in [-0.39, 0.29) is 20.4 Å². The third-order valence-electron chi connectivity index (χ3n) is 3.48. The molecule has 8 nitrogen and oxygen atoms in total. The molecule has 0 radical (unpaired) electrons. The normalized spacial score (nSPS) is 10.8. The fourth-order valence-electron chi connectivity index (χ4n) is 2.18. The molecule has 2 aromatic carbocycles. The Labute approximate surface area is 168 Å². The second-order valence-electron chi connectivity index (χ2n) is 5.40. The summed E-state index contributed by atoms with van der Waals surface area (Å²) in [6, 6.07) is 3.83. The molecule has 0 aliphatic carbocycles. The first-order valence-electron chi connectivity index (χ1n) is 7.52. The summed E-state index contributed by atoms with van der Waals surface area (Å²) in [7, 11) is 0. The fraction of sp³-hybridized carbons (Fsp3) is 0.0625. The van der Waals surface area contributed by atoms with Crippen molar-refractivity contribution in [2.24, 2.45) is 0 Å². The van der Waals surface area contributed by atoms with Crippen LogP contribution in [-0.4, -0.2) is 28.4 Å². The molecule has 29 heavy (non-hydrogen) atoms. The third kappa shape index (κ3) is 4.27. The quantitative estimate of drug-likeness (QED) is 0.274. The van der Waals surface area contributed by atoms with Crippen LogP contribution in [0.1, 0.15) is 10.4 Å². The summed E-state index contributed by atoms with van der Waals surface area (Å²) in [5.41, 5.74) is -1.19. The maximum atomic E-state index is 13.7. The Bertz CT molecular complexity index is 1170. The van der Waals surface area contributed by atoms with Gasteiger partial charge < -0.3 is 4.74 Å². The summed E-state index contributed by atoms with van der Waals surface area (Å²) in [6.07, 6.45) is 0. The Hall–Kier alpha value is -3.25. The average Bonchev–Trinajstić information content (AvgIpc) is 3.06. The van der Waals surface area contributed by atoms with Gasteiger partial charge in [-0.1, -0.05) is 22.9 Å². The number of non-ortho nitro benzene ring substituents is 1. The van der Waals surface area contributed by atoms with E-state index in [1.54, 1.807) is 0 Å². The molecule has 0 spiro atoms. The smallest absolute Gasteiger partial charge is 0.340 e. The van der Waals surface area contributed by atoms with Crippen LogP contribution in [-0.2, 0) is 9.53 Å². The van der Waals surface area contributed by atoms with Gasteiger partial charge in [0, 0.05) is 12.1 Å². The van der Waals surface area contributed by atoms with E-state index in [2.05, 4.69) is 10.3 Å². The standard InChI is InChI=1S/C16H7ClF3N3O5S/c17-8-2-1-6(23(26)27)3-7(8)15(25)28-5-11(24)21-16-22-14-10(29-16)4-9(18)12(19)13(14)20/h1-4H,5H2,(H,21,22,24). The van der Waals surface area contributed by atoms with Crippen molar-refractivity contribution in [1.29, 1.82) is 0 Å². The van der Waals surface area contributed by atoms with Crippen LogP contribution in [0.2, 0.25) is 5.02 Å². The van der Waals surface area contributed by atoms with Gasteiger partial charge in [-0.3, -0.25) is 20.2 Å². The molecule has 3 rings (SSSR count). The zero-order valence-electron chi connectivity index (χ0n) is 13.9. The van der Waals surface area contributed by atoms with E-state index in [4.69, 9.17) is 16.3 Å². The number of benzene rings is 2. The molecule has 150 valence electrons. The largest absolute Gasteiger partial charge is 0.452 e. The lowest BCUT2D eigenvalue weighted by atomic mass is 10.2. The van der Waals surface area contributed by atoms with Crippen molar-refractivity contribution in [2.45, 2.75) is 0 Å². The number of hydrogen-bond donors (Lipinski definition) is 1. The van der Waals surface area contributed by atoms with Crippen LogP contribution >= 0.6 is 22.9 Å². The SMILES string of the molecule is O=C(COC(=O)c1cc([N+](=O)[O-])ccc1Cl)Nc1nc2c(F)c(F)c(F)cc2s1. The van der Waals surface area contributed by atoms with Crippen molar-refractivity contribution < 1.29 is 32.4 Å². The number of nitro groups is 1. The number of nitrogens with one attached hydrogen (secondary N) is 1. The van der Waals surface area contributed by atoms with Gasteiger partial charge in [0.05, 0.1) is 20.2 Å². The highest BCUT2D eigenvalue weighted by Crippen LogP contribution is 2.30. The maximum absolute atomic E-state index is 13.7. The van der Waals surface area contributed by atoms with Crippen molar-refractivity contribution in [2.75, 3.05) is 11.9 Å². The number of carbonyl (C=O) groups excluding carboxylic acids is 2. The van der Waals surface area contributed by atoms with E-state index in [0.717, 1.165) is 24.3 Å². The van der Waals surface area contributed by atoms with Gasteiger partial charge >= 0.3 is 5.97 Å². The minimum Gasteiger partial charge on any atom is -0.452 e. The number of rotatable bonds is 5. The number of anilines is 1. The van der Waals surface area contributed by atoms with Gasteiger partial charge in [0.2, 0.25) is 0 Å². The second-order valence-corrected chi connectivity index (χ2v) is 6.84. The van der Waals surface area contributed by atoms with E-state index in [0.29, 0.717) is 11.3 Å². The Morgan fingerprint density at radius 3 is 2.66 bits per heavy atom. The summed E-state index contributed by atoms with van der Waals surface area (Å²) < 4.78 is 44.8. The van der Waals surface area contributed by atoms with Crippen molar-refractivity contribution in [1.82, 2.24) is 4.98 Å². The molecule has 0 bridgehead atoms. The van der Waals surface area contributed by atoms with E-state index in [1.807, 2.05) is 0 Å². The van der Waals surface area contributed by atoms with E-state index < -0.39 is 52.1 Å². The van der Waals surface area contributed by atoms with Crippen LogP contribution in [0, 0.1) is 27.6 Å². The Morgan fingerprint density at radius 1 is 1.24 bits per heavy atom. The van der Waals surface area contributed by atoms with Crippen LogP contribution in [0.15, 0.2) is 24.3 Å². The molecule has 0 saturated heterocycles. The van der Waals surface area contributed by atoms with Crippen molar-refractivity contribution in [3.8, 4) is 0 Å². The number of thiazole rings is 1. The van der Waals surface area contributed by atoms with Crippen molar-refractivity contribution >= 4 is 55.8 Å². The number of amides is 1. The lowest BCUT2D eigenvalue weighted by Crippen LogP contribution is -2.21. The summed E-state index contributed by atoms with van der Waals surface area (Å²) in [4.78, 5) is 37.6. The average molecular weight is 446 g/mol. The second kappa shape index (κ2) is 8.01. The van der Waals surface area contributed by atoms with Crippen LogP contribution in [0.5, 0.6) is 0 Å². The number of carbonyl (C=O) groups is 2.